The quantitative estimate of drug-likeness (QED) is 0.791. The number of nitrogens with one attached hydrogen (secondary N) is 1. The van der Waals surface area contributed by atoms with Gasteiger partial charge in [-0.3, -0.25) is 0 Å². The van der Waals surface area contributed by atoms with Crippen LogP contribution >= 0.6 is 0 Å². The van der Waals surface area contributed by atoms with Gasteiger partial charge in [0.1, 0.15) is 11.9 Å². The molecule has 0 fully saturated rings. The Morgan fingerprint density at radius 3 is 2.76 bits per heavy atom. The molecule has 5 nitrogen and oxygen atoms in total. The lowest BCUT2D eigenvalue weighted by Gasteiger charge is -2.03. The summed E-state index contributed by atoms with van der Waals surface area (Å²) in [6, 6.07) is 15.3. The lowest BCUT2D eigenvalue weighted by Crippen LogP contribution is -2.03. The first-order valence-electron chi connectivity index (χ1n) is 6.46. The van der Waals surface area contributed by atoms with Gasteiger partial charge in [0, 0.05) is 11.8 Å². The van der Waals surface area contributed by atoms with Crippen LogP contribution in [0.25, 0.3) is 11.3 Å². The molecule has 102 valence electrons. The fourth-order valence-corrected chi connectivity index (χ4v) is 1.92. The first kappa shape index (κ1) is 12.9. The number of benzene rings is 1. The first-order valence-corrected chi connectivity index (χ1v) is 6.46. The minimum atomic E-state index is 0.374. The fourth-order valence-electron chi connectivity index (χ4n) is 1.92. The average molecular weight is 276 g/mol. The van der Waals surface area contributed by atoms with Crippen LogP contribution in [-0.2, 0) is 6.54 Å². The number of oxazole rings is 1. The van der Waals surface area contributed by atoms with Gasteiger partial charge < -0.3 is 9.73 Å². The van der Waals surface area contributed by atoms with E-state index in [0.29, 0.717) is 29.6 Å². The SMILES string of the molecule is N#Cc1cccnc1NCc1ncc(-c2ccccc2)o1. The molecule has 0 amide bonds. The summed E-state index contributed by atoms with van der Waals surface area (Å²) in [4.78, 5) is 8.35. The minimum Gasteiger partial charge on any atom is -0.439 e. The van der Waals surface area contributed by atoms with Crippen molar-refractivity contribution in [2.75, 3.05) is 5.32 Å². The molecular formula is C16H12N4O. The summed E-state index contributed by atoms with van der Waals surface area (Å²) >= 11 is 0. The maximum absolute atomic E-state index is 9.00. The summed E-state index contributed by atoms with van der Waals surface area (Å²) in [5.41, 5.74) is 1.47. The monoisotopic (exact) mass is 276 g/mol. The fraction of sp³-hybridized carbons (Fsp3) is 0.0625. The third-order valence-corrected chi connectivity index (χ3v) is 2.95. The van der Waals surface area contributed by atoms with Crippen LogP contribution in [0.3, 0.4) is 0 Å². The van der Waals surface area contributed by atoms with E-state index < -0.39 is 0 Å². The Bertz CT molecular complexity index is 774. The second-order valence-electron chi connectivity index (χ2n) is 4.35. The van der Waals surface area contributed by atoms with Crippen molar-refractivity contribution in [1.29, 1.82) is 5.26 Å². The predicted molar refractivity (Wildman–Crippen MR) is 78.2 cm³/mol. The highest BCUT2D eigenvalue weighted by molar-refractivity contribution is 5.56. The number of anilines is 1. The van der Waals surface area contributed by atoms with Gasteiger partial charge >= 0.3 is 0 Å². The van der Waals surface area contributed by atoms with Crippen LogP contribution < -0.4 is 5.32 Å². The summed E-state index contributed by atoms with van der Waals surface area (Å²) in [6.07, 6.45) is 3.32. The Morgan fingerprint density at radius 2 is 1.95 bits per heavy atom. The van der Waals surface area contributed by atoms with Gasteiger partial charge in [0.2, 0.25) is 5.89 Å². The van der Waals surface area contributed by atoms with Gasteiger partial charge in [0.05, 0.1) is 18.3 Å². The summed E-state index contributed by atoms with van der Waals surface area (Å²) in [7, 11) is 0. The van der Waals surface area contributed by atoms with Crippen molar-refractivity contribution in [3.8, 4) is 17.4 Å². The smallest absolute Gasteiger partial charge is 0.214 e. The van der Waals surface area contributed by atoms with E-state index in [4.69, 9.17) is 9.68 Å². The van der Waals surface area contributed by atoms with E-state index in [1.54, 1.807) is 24.5 Å². The molecule has 3 rings (SSSR count). The highest BCUT2D eigenvalue weighted by Gasteiger charge is 2.07. The molecule has 0 saturated carbocycles. The largest absolute Gasteiger partial charge is 0.439 e. The van der Waals surface area contributed by atoms with E-state index in [0.717, 1.165) is 5.56 Å². The van der Waals surface area contributed by atoms with E-state index >= 15 is 0 Å². The van der Waals surface area contributed by atoms with Gasteiger partial charge in [-0.15, -0.1) is 0 Å². The van der Waals surface area contributed by atoms with Gasteiger partial charge in [0.25, 0.3) is 0 Å². The predicted octanol–water partition coefficient (Wildman–Crippen LogP) is 3.22. The van der Waals surface area contributed by atoms with Gasteiger partial charge in [-0.05, 0) is 12.1 Å². The van der Waals surface area contributed by atoms with E-state index in [1.807, 2.05) is 30.3 Å². The Balaban J connectivity index is 1.72. The van der Waals surface area contributed by atoms with E-state index in [-0.39, 0.29) is 0 Å². The lowest BCUT2D eigenvalue weighted by atomic mass is 10.2. The normalized spacial score (nSPS) is 10.0. The number of nitrogens with zero attached hydrogens (tertiary/aromatic N) is 3. The van der Waals surface area contributed by atoms with Crippen LogP contribution in [0, 0.1) is 11.3 Å². The van der Waals surface area contributed by atoms with Crippen molar-refractivity contribution in [3.63, 3.8) is 0 Å². The zero-order valence-electron chi connectivity index (χ0n) is 11.2. The minimum absolute atomic E-state index is 0.374. The second-order valence-corrected chi connectivity index (χ2v) is 4.35. The zero-order valence-corrected chi connectivity index (χ0v) is 11.2. The Morgan fingerprint density at radius 1 is 1.10 bits per heavy atom. The molecule has 2 aromatic heterocycles. The summed E-state index contributed by atoms with van der Waals surface area (Å²) in [5.74, 6) is 1.79. The number of pyridine rings is 1. The van der Waals surface area contributed by atoms with Gasteiger partial charge in [-0.1, -0.05) is 30.3 Å². The zero-order chi connectivity index (χ0) is 14.5. The van der Waals surface area contributed by atoms with Crippen molar-refractivity contribution in [2.24, 2.45) is 0 Å². The third-order valence-electron chi connectivity index (χ3n) is 2.95. The van der Waals surface area contributed by atoms with Crippen molar-refractivity contribution >= 4 is 5.82 Å². The third kappa shape index (κ3) is 2.90. The van der Waals surface area contributed by atoms with E-state index in [1.165, 1.54) is 0 Å². The standard InChI is InChI=1S/C16H12N4O/c17-9-13-7-4-8-18-16(13)20-11-15-19-10-14(21-15)12-5-2-1-3-6-12/h1-8,10H,11H2,(H,18,20). The van der Waals surface area contributed by atoms with Crippen molar-refractivity contribution in [3.05, 3.63) is 66.3 Å². The molecular weight excluding hydrogens is 264 g/mol. The molecule has 0 saturated heterocycles. The molecule has 5 heteroatoms. The molecule has 0 aliphatic carbocycles. The second kappa shape index (κ2) is 5.88. The molecule has 2 heterocycles. The first-order chi connectivity index (χ1) is 10.4. The number of hydrogen-bond donors (Lipinski definition) is 1. The molecule has 0 radical (unpaired) electrons. The van der Waals surface area contributed by atoms with Gasteiger partial charge in [0.15, 0.2) is 5.76 Å². The highest BCUT2D eigenvalue weighted by Crippen LogP contribution is 2.20. The van der Waals surface area contributed by atoms with Gasteiger partial charge in [-0.2, -0.15) is 5.26 Å². The number of nitriles is 1. The van der Waals surface area contributed by atoms with Crippen molar-refractivity contribution in [2.45, 2.75) is 6.54 Å². The number of rotatable bonds is 4. The van der Waals surface area contributed by atoms with Crippen LogP contribution in [0.4, 0.5) is 5.82 Å². The van der Waals surface area contributed by atoms with Gasteiger partial charge in [-0.25, -0.2) is 9.97 Å². The van der Waals surface area contributed by atoms with Crippen molar-refractivity contribution < 1.29 is 4.42 Å². The molecule has 1 N–H and O–H groups in total. The van der Waals surface area contributed by atoms with Crippen LogP contribution in [0.1, 0.15) is 11.5 Å². The summed E-state index contributed by atoms with van der Waals surface area (Å²) < 4.78 is 5.68. The molecule has 0 unspecified atom stereocenters. The Hall–Kier alpha value is -3.13. The summed E-state index contributed by atoms with van der Waals surface area (Å²) in [5, 5.41) is 12.1. The molecule has 3 aromatic rings. The topological polar surface area (TPSA) is 74.7 Å². The number of hydrogen-bond acceptors (Lipinski definition) is 5. The molecule has 0 aliphatic heterocycles. The molecule has 21 heavy (non-hydrogen) atoms. The lowest BCUT2D eigenvalue weighted by molar-refractivity contribution is 0.516. The molecule has 0 bridgehead atoms. The van der Waals surface area contributed by atoms with Crippen LogP contribution in [0.5, 0.6) is 0 Å². The van der Waals surface area contributed by atoms with Crippen LogP contribution in [-0.4, -0.2) is 9.97 Å². The van der Waals surface area contributed by atoms with Crippen LogP contribution in [0.15, 0.2) is 59.3 Å². The Kier molecular flexibility index (Phi) is 3.61. The van der Waals surface area contributed by atoms with Crippen molar-refractivity contribution in [1.82, 2.24) is 9.97 Å². The summed E-state index contributed by atoms with van der Waals surface area (Å²) in [6.45, 7) is 0.374. The van der Waals surface area contributed by atoms with E-state index in [9.17, 15) is 0 Å². The average Bonchev–Trinajstić information content (AvgIpc) is 3.03. The van der Waals surface area contributed by atoms with Crippen LogP contribution in [0.2, 0.25) is 0 Å². The maximum atomic E-state index is 9.00. The maximum Gasteiger partial charge on any atom is 0.214 e. The molecule has 0 atom stereocenters. The highest BCUT2D eigenvalue weighted by atomic mass is 16.4. The molecule has 0 spiro atoms. The number of aromatic nitrogens is 2. The molecule has 1 aromatic carbocycles. The van der Waals surface area contributed by atoms with E-state index in [2.05, 4.69) is 21.4 Å². The molecule has 0 aliphatic rings. The Labute approximate surface area is 121 Å².